The molecule has 0 fully saturated rings. The number of aliphatic imine (C=N–C) groups is 1. The van der Waals surface area contributed by atoms with Gasteiger partial charge in [-0.1, -0.05) is 12.1 Å². The number of halogens is 1. The van der Waals surface area contributed by atoms with Crippen molar-refractivity contribution in [2.75, 3.05) is 13.3 Å². The fraction of sp³-hybridized carbons (Fsp3) is 0.333. The van der Waals surface area contributed by atoms with Crippen molar-refractivity contribution >= 4 is 29.9 Å². The minimum Gasteiger partial charge on any atom is -0.454 e. The average Bonchev–Trinajstić information content (AvgIpc) is 3.06. The molecule has 134 valence electrons. The van der Waals surface area contributed by atoms with E-state index in [1.54, 1.807) is 0 Å². The zero-order chi connectivity index (χ0) is 16.8. The van der Waals surface area contributed by atoms with E-state index in [9.17, 15) is 0 Å². The molecule has 2 aromatic rings. The molecule has 1 aliphatic rings. The van der Waals surface area contributed by atoms with Crippen LogP contribution in [0.3, 0.4) is 0 Å². The number of fused-ring (bicyclic) bond motifs is 1. The van der Waals surface area contributed by atoms with Gasteiger partial charge in [-0.3, -0.25) is 4.98 Å². The number of pyridine rings is 1. The monoisotopic (exact) mass is 454 g/mol. The Morgan fingerprint density at radius 2 is 1.92 bits per heavy atom. The highest BCUT2D eigenvalue weighted by molar-refractivity contribution is 14.0. The number of hydrogen-bond acceptors (Lipinski definition) is 4. The molecule has 0 amide bonds. The van der Waals surface area contributed by atoms with Crippen LogP contribution in [0.2, 0.25) is 0 Å². The lowest BCUT2D eigenvalue weighted by Gasteiger charge is -2.11. The third-order valence-corrected chi connectivity index (χ3v) is 3.63. The van der Waals surface area contributed by atoms with Crippen molar-refractivity contribution in [3.05, 3.63) is 53.3 Å². The van der Waals surface area contributed by atoms with Crippen LogP contribution in [-0.2, 0) is 13.1 Å². The molecule has 0 spiro atoms. The van der Waals surface area contributed by atoms with E-state index in [1.807, 2.05) is 50.4 Å². The molecular weight excluding hydrogens is 431 g/mol. The normalized spacial score (nSPS) is 12.5. The summed E-state index contributed by atoms with van der Waals surface area (Å²) >= 11 is 0. The first-order valence-corrected chi connectivity index (χ1v) is 8.07. The topological polar surface area (TPSA) is 67.8 Å². The van der Waals surface area contributed by atoms with E-state index in [4.69, 9.17) is 9.47 Å². The predicted molar refractivity (Wildman–Crippen MR) is 109 cm³/mol. The zero-order valence-electron chi connectivity index (χ0n) is 14.4. The number of aryl methyl sites for hydroxylation is 1. The Hall–Kier alpha value is -2.03. The first-order valence-electron chi connectivity index (χ1n) is 8.07. The molecule has 3 rings (SSSR count). The summed E-state index contributed by atoms with van der Waals surface area (Å²) in [6.07, 6.45) is 1.86. The molecule has 6 nitrogen and oxygen atoms in total. The zero-order valence-corrected chi connectivity index (χ0v) is 16.7. The van der Waals surface area contributed by atoms with Gasteiger partial charge in [-0.25, -0.2) is 4.99 Å². The number of benzene rings is 1. The number of nitrogens with one attached hydrogen (secondary N) is 2. The third kappa shape index (κ3) is 5.48. The number of aromatic nitrogens is 1. The summed E-state index contributed by atoms with van der Waals surface area (Å²) in [6.45, 7) is 6.37. The smallest absolute Gasteiger partial charge is 0.231 e. The van der Waals surface area contributed by atoms with Gasteiger partial charge in [0.2, 0.25) is 6.79 Å². The molecule has 0 unspecified atom stereocenters. The SMILES string of the molecule is CCNC(=NCc1ccc(C)nc1)NCc1ccc2c(c1)OCO2.I. The lowest BCUT2D eigenvalue weighted by atomic mass is 10.2. The molecule has 0 atom stereocenters. The van der Waals surface area contributed by atoms with Crippen LogP contribution < -0.4 is 20.1 Å². The molecule has 0 radical (unpaired) electrons. The molecule has 0 aliphatic carbocycles. The highest BCUT2D eigenvalue weighted by atomic mass is 127. The van der Waals surface area contributed by atoms with Crippen LogP contribution in [-0.4, -0.2) is 24.3 Å². The number of guanidine groups is 1. The standard InChI is InChI=1S/C18H22N4O2.HI/c1-3-19-18(22-11-15-5-4-13(2)20-10-15)21-9-14-6-7-16-17(8-14)24-12-23-16;/h4-8,10H,3,9,11-12H2,1-2H3,(H2,19,21,22);1H. The second kappa shape index (κ2) is 9.45. The Balaban J connectivity index is 0.00000225. The van der Waals surface area contributed by atoms with Crippen LogP contribution in [0.5, 0.6) is 11.5 Å². The number of hydrogen-bond donors (Lipinski definition) is 2. The fourth-order valence-corrected chi connectivity index (χ4v) is 2.34. The van der Waals surface area contributed by atoms with Crippen LogP contribution in [0.15, 0.2) is 41.5 Å². The molecule has 1 aliphatic heterocycles. The Kier molecular flexibility index (Phi) is 7.30. The molecule has 25 heavy (non-hydrogen) atoms. The van der Waals surface area contributed by atoms with Crippen molar-refractivity contribution in [2.45, 2.75) is 26.9 Å². The van der Waals surface area contributed by atoms with Gasteiger partial charge in [-0.15, -0.1) is 24.0 Å². The van der Waals surface area contributed by atoms with Crippen molar-refractivity contribution in [1.82, 2.24) is 15.6 Å². The number of ether oxygens (including phenoxy) is 2. The molecule has 0 saturated carbocycles. The summed E-state index contributed by atoms with van der Waals surface area (Å²) in [6, 6.07) is 9.99. The van der Waals surface area contributed by atoms with Gasteiger partial charge in [0.05, 0.1) is 6.54 Å². The largest absolute Gasteiger partial charge is 0.454 e. The second-order valence-electron chi connectivity index (χ2n) is 5.54. The third-order valence-electron chi connectivity index (χ3n) is 3.63. The maximum atomic E-state index is 5.41. The molecule has 7 heteroatoms. The van der Waals surface area contributed by atoms with E-state index < -0.39 is 0 Å². The maximum Gasteiger partial charge on any atom is 0.231 e. The molecule has 1 aromatic carbocycles. The molecule has 0 bridgehead atoms. The molecular formula is C18H23IN4O2. The second-order valence-corrected chi connectivity index (χ2v) is 5.54. The van der Waals surface area contributed by atoms with E-state index in [0.717, 1.165) is 40.8 Å². The minimum absolute atomic E-state index is 0. The van der Waals surface area contributed by atoms with E-state index in [0.29, 0.717) is 19.9 Å². The summed E-state index contributed by atoms with van der Waals surface area (Å²) in [5.74, 6) is 2.36. The summed E-state index contributed by atoms with van der Waals surface area (Å²) in [5.41, 5.74) is 3.21. The van der Waals surface area contributed by atoms with Gasteiger partial charge >= 0.3 is 0 Å². The Morgan fingerprint density at radius 1 is 1.12 bits per heavy atom. The summed E-state index contributed by atoms with van der Waals surface area (Å²) in [4.78, 5) is 8.89. The van der Waals surface area contributed by atoms with Gasteiger partial charge in [0, 0.05) is 25.0 Å². The van der Waals surface area contributed by atoms with Crippen LogP contribution in [0.25, 0.3) is 0 Å². The molecule has 0 saturated heterocycles. The van der Waals surface area contributed by atoms with Crippen LogP contribution in [0, 0.1) is 6.92 Å². The van der Waals surface area contributed by atoms with Gasteiger partial charge in [-0.2, -0.15) is 0 Å². The van der Waals surface area contributed by atoms with Crippen molar-refractivity contribution < 1.29 is 9.47 Å². The van der Waals surface area contributed by atoms with E-state index in [-0.39, 0.29) is 24.0 Å². The van der Waals surface area contributed by atoms with E-state index >= 15 is 0 Å². The summed E-state index contributed by atoms with van der Waals surface area (Å²) in [5, 5.41) is 6.58. The van der Waals surface area contributed by atoms with Gasteiger partial charge in [0.15, 0.2) is 17.5 Å². The van der Waals surface area contributed by atoms with Crippen molar-refractivity contribution in [3.63, 3.8) is 0 Å². The Labute approximate surface area is 165 Å². The van der Waals surface area contributed by atoms with E-state index in [2.05, 4.69) is 20.6 Å². The molecule has 1 aromatic heterocycles. The minimum atomic E-state index is 0. The van der Waals surface area contributed by atoms with Crippen molar-refractivity contribution in [3.8, 4) is 11.5 Å². The van der Waals surface area contributed by atoms with Crippen molar-refractivity contribution in [1.29, 1.82) is 0 Å². The van der Waals surface area contributed by atoms with Crippen molar-refractivity contribution in [2.24, 2.45) is 4.99 Å². The molecule has 2 N–H and O–H groups in total. The van der Waals surface area contributed by atoms with Gasteiger partial charge < -0.3 is 20.1 Å². The van der Waals surface area contributed by atoms with E-state index in [1.165, 1.54) is 0 Å². The summed E-state index contributed by atoms with van der Waals surface area (Å²) < 4.78 is 10.7. The number of rotatable bonds is 5. The van der Waals surface area contributed by atoms with Gasteiger partial charge in [0.1, 0.15) is 0 Å². The van der Waals surface area contributed by atoms with Crippen LogP contribution >= 0.6 is 24.0 Å². The van der Waals surface area contributed by atoms with Gasteiger partial charge in [-0.05, 0) is 43.2 Å². The fourth-order valence-electron chi connectivity index (χ4n) is 2.34. The van der Waals surface area contributed by atoms with Crippen LogP contribution in [0.4, 0.5) is 0 Å². The quantitative estimate of drug-likeness (QED) is 0.413. The lowest BCUT2D eigenvalue weighted by molar-refractivity contribution is 0.174. The Bertz CT molecular complexity index is 720. The number of nitrogens with zero attached hydrogens (tertiary/aromatic N) is 2. The summed E-state index contributed by atoms with van der Waals surface area (Å²) in [7, 11) is 0. The first-order chi connectivity index (χ1) is 11.7. The lowest BCUT2D eigenvalue weighted by Crippen LogP contribution is -2.36. The first kappa shape index (κ1) is 19.3. The highest BCUT2D eigenvalue weighted by Gasteiger charge is 2.13. The Morgan fingerprint density at radius 3 is 2.68 bits per heavy atom. The maximum absolute atomic E-state index is 5.41. The predicted octanol–water partition coefficient (Wildman–Crippen LogP) is 2.99. The molecule has 2 heterocycles. The van der Waals surface area contributed by atoms with Gasteiger partial charge in [0.25, 0.3) is 0 Å². The average molecular weight is 454 g/mol. The van der Waals surface area contributed by atoms with Crippen LogP contribution in [0.1, 0.15) is 23.7 Å². The highest BCUT2D eigenvalue weighted by Crippen LogP contribution is 2.32.